The first-order valence-corrected chi connectivity index (χ1v) is 6.95. The van der Waals surface area contributed by atoms with E-state index >= 15 is 0 Å². The van der Waals surface area contributed by atoms with E-state index in [2.05, 4.69) is 11.1 Å². The van der Waals surface area contributed by atoms with Gasteiger partial charge in [-0.2, -0.15) is 0 Å². The van der Waals surface area contributed by atoms with Crippen LogP contribution in [-0.2, 0) is 4.74 Å². The van der Waals surface area contributed by atoms with Gasteiger partial charge < -0.3 is 20.5 Å². The monoisotopic (exact) mass is 270 g/mol. The van der Waals surface area contributed by atoms with Crippen LogP contribution in [0, 0.1) is 5.92 Å². The van der Waals surface area contributed by atoms with Crippen molar-refractivity contribution in [3.63, 3.8) is 0 Å². The van der Waals surface area contributed by atoms with Crippen molar-refractivity contribution >= 4 is 16.6 Å². The Kier molecular flexibility index (Phi) is 2.52. The van der Waals surface area contributed by atoms with Gasteiger partial charge in [0.15, 0.2) is 0 Å². The molecule has 4 rings (SSSR count). The van der Waals surface area contributed by atoms with Crippen LogP contribution in [0.3, 0.4) is 0 Å². The van der Waals surface area contributed by atoms with Gasteiger partial charge in [0, 0.05) is 35.2 Å². The van der Waals surface area contributed by atoms with Crippen molar-refractivity contribution in [2.24, 2.45) is 17.5 Å². The fourth-order valence-electron chi connectivity index (χ4n) is 3.43. The average Bonchev–Trinajstić information content (AvgIpc) is 3.11. The second-order valence-corrected chi connectivity index (χ2v) is 5.50. The molecule has 104 valence electrons. The maximum atomic E-state index is 6.44. The lowest BCUT2D eigenvalue weighted by molar-refractivity contribution is 0.0997. The third-order valence-electron chi connectivity index (χ3n) is 4.40. The van der Waals surface area contributed by atoms with Crippen LogP contribution in [0.15, 0.2) is 36.2 Å². The minimum Gasteiger partial charge on any atom is -0.397 e. The predicted molar refractivity (Wildman–Crippen MR) is 78.1 cm³/mol. The number of hydrazine groups is 1. The summed E-state index contributed by atoms with van der Waals surface area (Å²) in [6.07, 6.45) is 3.15. The molecular formula is C15H18N4O. The van der Waals surface area contributed by atoms with E-state index in [1.165, 1.54) is 0 Å². The minimum atomic E-state index is 0.193. The molecule has 3 heterocycles. The summed E-state index contributed by atoms with van der Waals surface area (Å²) < 4.78 is 5.71. The summed E-state index contributed by atoms with van der Waals surface area (Å²) >= 11 is 0. The molecule has 2 aliphatic heterocycles. The van der Waals surface area contributed by atoms with Crippen molar-refractivity contribution < 1.29 is 4.74 Å². The largest absolute Gasteiger partial charge is 0.397 e. The van der Waals surface area contributed by atoms with Gasteiger partial charge in [0.1, 0.15) is 0 Å². The molecule has 0 radical (unpaired) electrons. The number of nitrogens with zero attached hydrogens (tertiary/aromatic N) is 1. The van der Waals surface area contributed by atoms with E-state index in [-0.39, 0.29) is 6.10 Å². The topological polar surface area (TPSA) is 80.3 Å². The summed E-state index contributed by atoms with van der Waals surface area (Å²) in [5, 5.41) is 2.89. The Labute approximate surface area is 117 Å². The Bertz CT molecular complexity index is 690. The van der Waals surface area contributed by atoms with Gasteiger partial charge in [-0.25, -0.2) is 5.84 Å². The minimum absolute atomic E-state index is 0.193. The average molecular weight is 270 g/mol. The Morgan fingerprint density at radius 3 is 3.10 bits per heavy atom. The van der Waals surface area contributed by atoms with Crippen LogP contribution in [0.5, 0.6) is 0 Å². The van der Waals surface area contributed by atoms with Gasteiger partial charge >= 0.3 is 0 Å². The van der Waals surface area contributed by atoms with E-state index in [4.69, 9.17) is 16.3 Å². The summed E-state index contributed by atoms with van der Waals surface area (Å²) in [7, 11) is 0. The van der Waals surface area contributed by atoms with Crippen molar-refractivity contribution in [2.45, 2.75) is 12.5 Å². The molecule has 0 bridgehead atoms. The van der Waals surface area contributed by atoms with E-state index in [0.29, 0.717) is 5.92 Å². The molecule has 2 atom stereocenters. The molecule has 0 aliphatic carbocycles. The summed E-state index contributed by atoms with van der Waals surface area (Å²) in [6, 6.07) is 8.16. The van der Waals surface area contributed by atoms with Crippen LogP contribution in [0.25, 0.3) is 16.6 Å². The molecule has 2 aromatic rings. The third kappa shape index (κ3) is 1.57. The van der Waals surface area contributed by atoms with Gasteiger partial charge in [-0.15, -0.1) is 0 Å². The smallest absolute Gasteiger partial charge is 0.0850 e. The van der Waals surface area contributed by atoms with Gasteiger partial charge in [0.05, 0.1) is 24.0 Å². The number of benzene rings is 1. The second-order valence-electron chi connectivity index (χ2n) is 5.50. The fourth-order valence-corrected chi connectivity index (χ4v) is 3.43. The zero-order valence-electron chi connectivity index (χ0n) is 11.2. The Morgan fingerprint density at radius 2 is 2.20 bits per heavy atom. The molecule has 1 aromatic carbocycles. The molecule has 2 fully saturated rings. The normalized spacial score (nSPS) is 28.1. The van der Waals surface area contributed by atoms with E-state index in [9.17, 15) is 0 Å². The Morgan fingerprint density at radius 1 is 1.35 bits per heavy atom. The van der Waals surface area contributed by atoms with Crippen LogP contribution in [0.1, 0.15) is 12.0 Å². The summed E-state index contributed by atoms with van der Waals surface area (Å²) in [5.41, 5.74) is 10.3. The van der Waals surface area contributed by atoms with Gasteiger partial charge in [-0.05, 0) is 12.5 Å². The highest BCUT2D eigenvalue weighted by Crippen LogP contribution is 2.39. The molecule has 2 saturated heterocycles. The molecule has 0 amide bonds. The first-order chi connectivity index (χ1) is 9.75. The highest BCUT2D eigenvalue weighted by Gasteiger charge is 2.41. The molecule has 1 unspecified atom stereocenters. The van der Waals surface area contributed by atoms with E-state index in [1.807, 2.05) is 24.4 Å². The fraction of sp³-hybridized carbons (Fsp3) is 0.333. The zero-order valence-corrected chi connectivity index (χ0v) is 11.2. The van der Waals surface area contributed by atoms with Crippen LogP contribution in [-0.4, -0.2) is 29.2 Å². The van der Waals surface area contributed by atoms with Crippen LogP contribution in [0.2, 0.25) is 0 Å². The number of para-hydroxylation sites is 1. The van der Waals surface area contributed by atoms with Gasteiger partial charge in [0.2, 0.25) is 0 Å². The SMILES string of the molecule is N/C(=C1/C2CCO[C@@H]2CN1N)c1c[nH]c2ccccc12. The van der Waals surface area contributed by atoms with Gasteiger partial charge in [-0.3, -0.25) is 0 Å². The number of ether oxygens (including phenoxy) is 1. The standard InChI is InChI=1S/C15H18N4O/c16-14(11-7-18-12-4-2-1-3-9(11)12)15-10-5-6-20-13(10)8-19(15)17/h1-4,7,10,13,18H,5-6,8,16-17H2/b15-14-/t10?,13-/m1/s1. The zero-order chi connectivity index (χ0) is 13.7. The number of fused-ring (bicyclic) bond motifs is 2. The molecule has 0 saturated carbocycles. The number of aromatic amines is 1. The number of H-pyrrole nitrogens is 1. The second kappa shape index (κ2) is 4.26. The molecule has 5 nitrogen and oxygen atoms in total. The van der Waals surface area contributed by atoms with E-state index < -0.39 is 0 Å². The van der Waals surface area contributed by atoms with Crippen molar-refractivity contribution in [3.05, 3.63) is 41.7 Å². The lowest BCUT2D eigenvalue weighted by atomic mass is 9.98. The third-order valence-corrected chi connectivity index (χ3v) is 4.40. The quantitative estimate of drug-likeness (QED) is 0.684. The molecule has 1 aromatic heterocycles. The van der Waals surface area contributed by atoms with Crippen molar-refractivity contribution in [1.82, 2.24) is 9.99 Å². The molecule has 5 heteroatoms. The molecule has 0 spiro atoms. The highest BCUT2D eigenvalue weighted by molar-refractivity contribution is 5.92. The number of nitrogens with two attached hydrogens (primary N) is 2. The van der Waals surface area contributed by atoms with Gasteiger partial charge in [-0.1, -0.05) is 18.2 Å². The highest BCUT2D eigenvalue weighted by atomic mass is 16.5. The Balaban J connectivity index is 1.86. The number of nitrogens with one attached hydrogen (secondary N) is 1. The van der Waals surface area contributed by atoms with Crippen LogP contribution >= 0.6 is 0 Å². The molecule has 20 heavy (non-hydrogen) atoms. The summed E-state index contributed by atoms with van der Waals surface area (Å²) in [5.74, 6) is 6.45. The summed E-state index contributed by atoms with van der Waals surface area (Å²) in [4.78, 5) is 3.26. The molecule has 5 N–H and O–H groups in total. The maximum Gasteiger partial charge on any atom is 0.0850 e. The molecular weight excluding hydrogens is 252 g/mol. The maximum absolute atomic E-state index is 6.44. The summed E-state index contributed by atoms with van der Waals surface area (Å²) in [6.45, 7) is 1.52. The predicted octanol–water partition coefficient (Wildman–Crippen LogP) is 1.39. The van der Waals surface area contributed by atoms with Crippen LogP contribution < -0.4 is 11.6 Å². The van der Waals surface area contributed by atoms with Crippen LogP contribution in [0.4, 0.5) is 0 Å². The first kappa shape index (κ1) is 11.8. The van der Waals surface area contributed by atoms with Crippen molar-refractivity contribution in [3.8, 4) is 0 Å². The molecule has 2 aliphatic rings. The van der Waals surface area contributed by atoms with Gasteiger partial charge in [0.25, 0.3) is 0 Å². The lowest BCUT2D eigenvalue weighted by Crippen LogP contribution is -2.30. The van der Waals surface area contributed by atoms with Crippen molar-refractivity contribution in [1.29, 1.82) is 0 Å². The number of hydrogen-bond acceptors (Lipinski definition) is 4. The lowest BCUT2D eigenvalue weighted by Gasteiger charge is -2.18. The number of hydrogen-bond donors (Lipinski definition) is 3. The Hall–Kier alpha value is -1.98. The van der Waals surface area contributed by atoms with E-state index in [1.54, 1.807) is 5.01 Å². The van der Waals surface area contributed by atoms with E-state index in [0.717, 1.165) is 47.4 Å². The number of rotatable bonds is 1. The van der Waals surface area contributed by atoms with Crippen molar-refractivity contribution in [2.75, 3.05) is 13.2 Å². The number of aromatic nitrogens is 1. The first-order valence-electron chi connectivity index (χ1n) is 6.95.